The average molecular weight is 433 g/mol. The molecule has 0 bridgehead atoms. The molecule has 0 unspecified atom stereocenters. The van der Waals surface area contributed by atoms with E-state index in [0.717, 1.165) is 16.8 Å². The van der Waals surface area contributed by atoms with E-state index in [-0.39, 0.29) is 21.4 Å². The van der Waals surface area contributed by atoms with E-state index in [1.807, 2.05) is 43.3 Å². The molecule has 0 spiro atoms. The summed E-state index contributed by atoms with van der Waals surface area (Å²) in [7, 11) is 2.85. The number of H-pyrrole nitrogens is 1. The van der Waals surface area contributed by atoms with Crippen LogP contribution in [0.15, 0.2) is 59.4 Å². The molecule has 2 aromatic carbocycles. The van der Waals surface area contributed by atoms with Gasteiger partial charge < -0.3 is 9.47 Å². The molecule has 31 heavy (non-hydrogen) atoms. The van der Waals surface area contributed by atoms with Crippen molar-refractivity contribution in [1.82, 2.24) is 14.5 Å². The predicted molar refractivity (Wildman–Crippen MR) is 121 cm³/mol. The molecule has 7 nitrogen and oxygen atoms in total. The Bertz CT molecular complexity index is 1420. The first kappa shape index (κ1) is 20.5. The SMILES string of the molecule is COC(=O)c1cc(-c2ccc(OC)cc2)nc2c1c(=O)[nH]c(=S)n2-c1cccc(C)c1. The maximum atomic E-state index is 12.8. The topological polar surface area (TPSA) is 86.2 Å². The van der Waals surface area contributed by atoms with Crippen LogP contribution < -0.4 is 10.3 Å². The third-order valence-electron chi connectivity index (χ3n) is 4.91. The number of rotatable bonds is 4. The largest absolute Gasteiger partial charge is 0.497 e. The molecule has 1 N–H and O–H groups in total. The lowest BCUT2D eigenvalue weighted by atomic mass is 10.1. The number of ether oxygens (including phenoxy) is 2. The summed E-state index contributed by atoms with van der Waals surface area (Å²) in [5, 5.41) is 0.110. The van der Waals surface area contributed by atoms with Gasteiger partial charge in [0.05, 0.1) is 36.6 Å². The van der Waals surface area contributed by atoms with E-state index >= 15 is 0 Å². The quantitative estimate of drug-likeness (QED) is 0.383. The molecule has 4 rings (SSSR count). The van der Waals surface area contributed by atoms with Crippen LogP contribution in [-0.2, 0) is 4.74 Å². The number of esters is 1. The van der Waals surface area contributed by atoms with E-state index in [1.165, 1.54) is 7.11 Å². The fraction of sp³-hybridized carbons (Fsp3) is 0.130. The van der Waals surface area contributed by atoms with Gasteiger partial charge in [-0.25, -0.2) is 9.78 Å². The molecule has 0 amide bonds. The Kier molecular flexibility index (Phi) is 5.39. The van der Waals surface area contributed by atoms with Gasteiger partial charge in [-0.05, 0) is 67.2 Å². The summed E-state index contributed by atoms with van der Waals surface area (Å²) in [6.45, 7) is 1.96. The molecule has 4 aromatic rings. The number of aromatic nitrogens is 3. The van der Waals surface area contributed by atoms with Gasteiger partial charge in [-0.15, -0.1) is 0 Å². The molecule has 0 aliphatic carbocycles. The van der Waals surface area contributed by atoms with Gasteiger partial charge >= 0.3 is 5.97 Å². The Morgan fingerprint density at radius 3 is 2.48 bits per heavy atom. The molecule has 0 atom stereocenters. The van der Waals surface area contributed by atoms with Crippen molar-refractivity contribution in [1.29, 1.82) is 0 Å². The zero-order valence-electron chi connectivity index (χ0n) is 17.1. The van der Waals surface area contributed by atoms with Gasteiger partial charge in [0, 0.05) is 5.56 Å². The molecule has 0 aliphatic rings. The third kappa shape index (κ3) is 3.73. The van der Waals surface area contributed by atoms with Gasteiger partial charge in [0.1, 0.15) is 5.75 Å². The molecule has 156 valence electrons. The van der Waals surface area contributed by atoms with Crippen molar-refractivity contribution in [2.24, 2.45) is 0 Å². The Morgan fingerprint density at radius 2 is 1.84 bits per heavy atom. The number of methoxy groups -OCH3 is 2. The first-order valence-electron chi connectivity index (χ1n) is 9.43. The second kappa shape index (κ2) is 8.16. The van der Waals surface area contributed by atoms with Crippen molar-refractivity contribution < 1.29 is 14.3 Å². The Balaban J connectivity index is 2.12. The highest BCUT2D eigenvalue weighted by Gasteiger charge is 2.20. The minimum Gasteiger partial charge on any atom is -0.497 e. The van der Waals surface area contributed by atoms with Crippen molar-refractivity contribution >= 4 is 29.2 Å². The van der Waals surface area contributed by atoms with Crippen LogP contribution in [0, 0.1) is 11.7 Å². The number of fused-ring (bicyclic) bond motifs is 1. The minimum atomic E-state index is -0.638. The van der Waals surface area contributed by atoms with Gasteiger partial charge in [0.2, 0.25) is 0 Å². The molecular weight excluding hydrogens is 414 g/mol. The van der Waals surface area contributed by atoms with E-state index in [0.29, 0.717) is 11.4 Å². The lowest BCUT2D eigenvalue weighted by Gasteiger charge is -2.14. The molecular formula is C23H19N3O4S. The summed E-state index contributed by atoms with van der Waals surface area (Å²) < 4.78 is 12.0. The standard InChI is InChI=1S/C23H19N3O4S/c1-13-5-4-6-15(11-13)26-20-19(21(27)25-23(26)31)17(22(28)30-3)12-18(24-20)14-7-9-16(29-2)10-8-14/h4-12H,1-3H3,(H,25,27,31). The monoisotopic (exact) mass is 433 g/mol. The van der Waals surface area contributed by atoms with Crippen molar-refractivity contribution in [2.75, 3.05) is 14.2 Å². The van der Waals surface area contributed by atoms with Gasteiger partial charge in [-0.2, -0.15) is 0 Å². The van der Waals surface area contributed by atoms with Crippen LogP contribution in [-0.4, -0.2) is 34.7 Å². The van der Waals surface area contributed by atoms with Gasteiger partial charge in [0.15, 0.2) is 10.4 Å². The number of nitrogens with zero attached hydrogens (tertiary/aromatic N) is 2. The van der Waals surface area contributed by atoms with Crippen LogP contribution in [0.4, 0.5) is 0 Å². The molecule has 8 heteroatoms. The Labute approximate surface area is 182 Å². The second-order valence-electron chi connectivity index (χ2n) is 6.91. The van der Waals surface area contributed by atoms with E-state index in [2.05, 4.69) is 4.98 Å². The van der Waals surface area contributed by atoms with E-state index in [9.17, 15) is 9.59 Å². The number of hydrogen-bond donors (Lipinski definition) is 1. The fourth-order valence-electron chi connectivity index (χ4n) is 3.42. The summed E-state index contributed by atoms with van der Waals surface area (Å²) in [6, 6.07) is 16.4. The van der Waals surface area contributed by atoms with Crippen molar-refractivity contribution in [3.8, 4) is 22.7 Å². The summed E-state index contributed by atoms with van der Waals surface area (Å²) >= 11 is 5.46. The molecule has 0 saturated heterocycles. The van der Waals surface area contributed by atoms with E-state index < -0.39 is 11.5 Å². The van der Waals surface area contributed by atoms with Crippen molar-refractivity contribution in [3.05, 3.63) is 80.8 Å². The number of carbonyl (C=O) groups is 1. The van der Waals surface area contributed by atoms with E-state index in [4.69, 9.17) is 26.7 Å². The summed E-state index contributed by atoms with van der Waals surface area (Å²) in [5.74, 6) is 0.0532. The average Bonchev–Trinajstić information content (AvgIpc) is 2.77. The maximum absolute atomic E-state index is 12.8. The summed E-state index contributed by atoms with van der Waals surface area (Å²) in [5.41, 5.74) is 2.86. The van der Waals surface area contributed by atoms with Crippen LogP contribution >= 0.6 is 12.2 Å². The highest BCUT2D eigenvalue weighted by atomic mass is 32.1. The smallest absolute Gasteiger partial charge is 0.338 e. The predicted octanol–water partition coefficient (Wildman–Crippen LogP) is 4.21. The molecule has 0 saturated carbocycles. The molecule has 0 aliphatic heterocycles. The minimum absolute atomic E-state index is 0.107. The maximum Gasteiger partial charge on any atom is 0.338 e. The highest BCUT2D eigenvalue weighted by Crippen LogP contribution is 2.27. The van der Waals surface area contributed by atoms with Gasteiger partial charge in [-0.1, -0.05) is 12.1 Å². The van der Waals surface area contributed by atoms with Crippen LogP contribution in [0.3, 0.4) is 0 Å². The second-order valence-corrected chi connectivity index (χ2v) is 7.29. The summed E-state index contributed by atoms with van der Waals surface area (Å²) in [6.07, 6.45) is 0. The number of aryl methyl sites for hydroxylation is 1. The number of carbonyl (C=O) groups excluding carboxylic acids is 1. The Hall–Kier alpha value is -3.78. The Morgan fingerprint density at radius 1 is 1.10 bits per heavy atom. The number of aromatic amines is 1. The van der Waals surface area contributed by atoms with Gasteiger partial charge in [0.25, 0.3) is 5.56 Å². The number of nitrogens with one attached hydrogen (secondary N) is 1. The van der Waals surface area contributed by atoms with Crippen molar-refractivity contribution in [3.63, 3.8) is 0 Å². The lowest BCUT2D eigenvalue weighted by Crippen LogP contribution is -2.19. The molecule has 2 heterocycles. The van der Waals surface area contributed by atoms with Crippen LogP contribution in [0.25, 0.3) is 28.0 Å². The summed E-state index contributed by atoms with van der Waals surface area (Å²) in [4.78, 5) is 32.8. The van der Waals surface area contributed by atoms with Crippen LogP contribution in [0.1, 0.15) is 15.9 Å². The van der Waals surface area contributed by atoms with Crippen molar-refractivity contribution in [2.45, 2.75) is 6.92 Å². The van der Waals surface area contributed by atoms with E-state index in [1.54, 1.807) is 29.9 Å². The van der Waals surface area contributed by atoms with Crippen LogP contribution in [0.5, 0.6) is 5.75 Å². The van der Waals surface area contributed by atoms with Gasteiger partial charge in [-0.3, -0.25) is 14.3 Å². The molecule has 0 fully saturated rings. The normalized spacial score (nSPS) is 10.8. The zero-order chi connectivity index (χ0) is 22.1. The van der Waals surface area contributed by atoms with Crippen LogP contribution in [0.2, 0.25) is 0 Å². The highest BCUT2D eigenvalue weighted by molar-refractivity contribution is 7.71. The number of hydrogen-bond acceptors (Lipinski definition) is 6. The fourth-order valence-corrected chi connectivity index (χ4v) is 3.70. The third-order valence-corrected chi connectivity index (χ3v) is 5.20. The first-order chi connectivity index (χ1) is 14.9. The number of benzene rings is 2. The number of pyridine rings is 1. The molecule has 0 radical (unpaired) electrons. The zero-order valence-corrected chi connectivity index (χ0v) is 17.9. The lowest BCUT2D eigenvalue weighted by molar-refractivity contribution is 0.0603. The first-order valence-corrected chi connectivity index (χ1v) is 9.83. The molecule has 2 aromatic heterocycles.